The molecule has 2 fully saturated rings. The molecular formula is C72H72Cl2N4O12. The van der Waals surface area contributed by atoms with Crippen LogP contribution in [0.1, 0.15) is 125 Å². The van der Waals surface area contributed by atoms with E-state index in [1.807, 2.05) is 0 Å². The number of nitrogens with zero attached hydrogens (tertiary/aromatic N) is 4. The number of halogens is 2. The summed E-state index contributed by atoms with van der Waals surface area (Å²) < 4.78 is 96.9. The second kappa shape index (κ2) is 23.3. The van der Waals surface area contributed by atoms with Gasteiger partial charge >= 0.3 is 0 Å². The van der Waals surface area contributed by atoms with Crippen LogP contribution in [0.15, 0.2) is 169 Å². The molecule has 16 nitrogen and oxygen atoms in total. The molecule has 0 N–H and O–H groups in total. The number of hydrogen-bond acceptors (Lipinski definition) is 14. The van der Waals surface area contributed by atoms with Crippen molar-refractivity contribution >= 4 is 55.7 Å². The minimum atomic E-state index is -4.94. The largest absolute Gasteiger partial charge is 0.454 e. The van der Waals surface area contributed by atoms with Gasteiger partial charge in [-0.25, -0.2) is 37.3 Å². The summed E-state index contributed by atoms with van der Waals surface area (Å²) >= 11 is 0. The van der Waals surface area contributed by atoms with E-state index in [-0.39, 0.29) is 21.7 Å². The Morgan fingerprint density at radius 2 is 0.800 bits per heavy atom. The second-order valence-corrected chi connectivity index (χ2v) is 27.3. The summed E-state index contributed by atoms with van der Waals surface area (Å²) in [4.78, 5) is 4.85. The van der Waals surface area contributed by atoms with Crippen molar-refractivity contribution in [3.63, 3.8) is 0 Å². The predicted octanol–water partition coefficient (Wildman–Crippen LogP) is 6.68. The molecule has 90 heavy (non-hydrogen) atoms. The van der Waals surface area contributed by atoms with Crippen LogP contribution in [-0.4, -0.2) is 48.3 Å². The van der Waals surface area contributed by atoms with E-state index in [0.717, 1.165) is 61.8 Å². The lowest BCUT2D eigenvalue weighted by Crippen LogP contribution is -2.68. The lowest BCUT2D eigenvalue weighted by Gasteiger charge is -2.36. The zero-order valence-electron chi connectivity index (χ0n) is 51.4. The standard InChI is InChI=1S/C72H72N4O4.2ClHO4/c1-69(2)63(23-17-25-65-71(35-13-7-14-36-71)53-39-59-61(79-45-77-59)41-57(53)73(65)5)75(55-33-31-49-19-9-11-21-51(49)67(55)69)43-47-27-29-48(30-28-47)44-76-56-34-32-50-20-10-12-22-52(50)68(56)70(3,4)64(76)24-18-26-66-72(37-15-8-16-38-72)54-40-60-62(80-46-78-60)42-58(54)74(66)6;2*2-1(3,4)5/h9-12,17-34,39-42H,7-8,13-16,35-38,43-46H2,1-6H3;2*(H,2,3,4,5)/q+2;;/p-2. The molecule has 6 heterocycles. The molecule has 8 aliphatic rings. The van der Waals surface area contributed by atoms with Gasteiger partial charge in [0.25, 0.3) is 0 Å². The topological polar surface area (TPSA) is 234 Å². The van der Waals surface area contributed by atoms with Gasteiger partial charge in [-0.2, -0.15) is 9.15 Å². The number of rotatable bonds is 8. The van der Waals surface area contributed by atoms with Crippen molar-refractivity contribution < 1.29 is 85.9 Å². The van der Waals surface area contributed by atoms with Gasteiger partial charge < -0.3 is 28.7 Å². The Morgan fingerprint density at radius 3 is 1.17 bits per heavy atom. The van der Waals surface area contributed by atoms with E-state index in [9.17, 15) is 0 Å². The van der Waals surface area contributed by atoms with Crippen LogP contribution in [0.3, 0.4) is 0 Å². The summed E-state index contributed by atoms with van der Waals surface area (Å²) in [7, 11) is -5.41. The Hall–Kier alpha value is -7.58. The molecule has 2 saturated carbocycles. The van der Waals surface area contributed by atoms with Crippen molar-refractivity contribution in [2.75, 3.05) is 37.5 Å². The summed E-state index contributed by atoms with van der Waals surface area (Å²) in [6.45, 7) is 11.8. The van der Waals surface area contributed by atoms with E-state index in [2.05, 4.69) is 219 Å². The quantitative estimate of drug-likeness (QED) is 0.145. The van der Waals surface area contributed by atoms with Gasteiger partial charge in [0.2, 0.25) is 25.0 Å². The summed E-state index contributed by atoms with van der Waals surface area (Å²) in [6, 6.07) is 45.7. The maximum atomic E-state index is 8.49. The number of anilines is 2. The fraction of sp³-hybridized carbons (Fsp3) is 0.333. The Morgan fingerprint density at radius 1 is 0.456 bits per heavy atom. The molecule has 466 valence electrons. The number of likely N-dealkylation sites (N-methyl/N-ethyl adjacent to an activating group) is 2. The van der Waals surface area contributed by atoms with Crippen molar-refractivity contribution in [3.05, 3.63) is 203 Å². The lowest BCUT2D eigenvalue weighted by molar-refractivity contribution is -2.00. The highest BCUT2D eigenvalue weighted by molar-refractivity contribution is 6.09. The average molecular weight is 1260 g/mol. The Bertz CT molecular complexity index is 3920. The van der Waals surface area contributed by atoms with Crippen molar-refractivity contribution in [1.29, 1.82) is 0 Å². The maximum Gasteiger partial charge on any atom is 0.231 e. The monoisotopic (exact) mass is 1250 g/mol. The van der Waals surface area contributed by atoms with Crippen LogP contribution in [0.5, 0.6) is 23.0 Å². The van der Waals surface area contributed by atoms with Crippen molar-refractivity contribution in [3.8, 4) is 23.0 Å². The van der Waals surface area contributed by atoms with Gasteiger partial charge in [-0.1, -0.05) is 123 Å². The summed E-state index contributed by atoms with van der Waals surface area (Å²) in [5.41, 5.74) is 17.9. The highest BCUT2D eigenvalue weighted by atomic mass is 35.7. The first-order chi connectivity index (χ1) is 42.9. The molecule has 0 radical (unpaired) electrons. The van der Waals surface area contributed by atoms with Crippen LogP contribution < -0.4 is 66.0 Å². The molecule has 0 atom stereocenters. The fourth-order valence-corrected chi connectivity index (χ4v) is 16.3. The predicted molar refractivity (Wildman–Crippen MR) is 324 cm³/mol. The fourth-order valence-electron chi connectivity index (χ4n) is 16.3. The molecule has 0 unspecified atom stereocenters. The molecule has 0 amide bonds. The van der Waals surface area contributed by atoms with Gasteiger partial charge in [0.15, 0.2) is 47.5 Å². The third-order valence-corrected chi connectivity index (χ3v) is 20.1. The minimum absolute atomic E-state index is 0.0399. The molecule has 0 aromatic heterocycles. The smallest absolute Gasteiger partial charge is 0.231 e. The van der Waals surface area contributed by atoms with Gasteiger partial charge in [-0.15, -0.1) is 20.5 Å². The molecule has 7 aromatic carbocycles. The van der Waals surface area contributed by atoms with E-state index in [4.69, 9.17) is 56.2 Å². The van der Waals surface area contributed by atoms with E-state index < -0.39 is 20.5 Å². The minimum Gasteiger partial charge on any atom is -0.454 e. The molecule has 15 rings (SSSR count). The summed E-state index contributed by atoms with van der Waals surface area (Å²) in [5, 5.41) is 5.20. The first kappa shape index (κ1) is 61.3. The first-order valence-electron chi connectivity index (χ1n) is 30.7. The molecule has 6 aliphatic heterocycles. The highest BCUT2D eigenvalue weighted by Gasteiger charge is 2.51. The Balaban J connectivity index is 0.000000692. The van der Waals surface area contributed by atoms with Crippen LogP contribution in [0, 0.1) is 20.5 Å². The normalized spacial score (nSPS) is 20.4. The zero-order chi connectivity index (χ0) is 63.1. The highest BCUT2D eigenvalue weighted by Crippen LogP contribution is 2.59. The van der Waals surface area contributed by atoms with Crippen LogP contribution in [0.25, 0.3) is 21.5 Å². The van der Waals surface area contributed by atoms with Gasteiger partial charge in [-0.05, 0) is 122 Å². The molecular weight excluding hydrogens is 1180 g/mol. The van der Waals surface area contributed by atoms with Crippen molar-refractivity contribution in [2.24, 2.45) is 0 Å². The van der Waals surface area contributed by atoms with Crippen LogP contribution in [0.2, 0.25) is 0 Å². The maximum absolute atomic E-state index is 8.49. The van der Waals surface area contributed by atoms with Crippen LogP contribution in [0.4, 0.5) is 22.7 Å². The number of hydrogen-bond donors (Lipinski definition) is 0. The number of ether oxygens (including phenoxy) is 4. The van der Waals surface area contributed by atoms with Crippen LogP contribution >= 0.6 is 0 Å². The van der Waals surface area contributed by atoms with Gasteiger partial charge in [0.1, 0.15) is 0 Å². The SMILES string of the molecule is CN1/C(=C/C=C/C2=[N+](Cc3ccc(C[N+]4=C(/C=C/C=C5/N(C)c6cc7c(cc6C56CCCCC6)OCO7)C(C)(C)c5c4ccc4ccccc54)cc3)c3ccc4ccccc4c3C2(C)C)C2(CCCCC2)c2cc3c(cc21)OCO3.[O-][Cl+3]([O-])([O-])[O-].[O-][Cl+3]([O-])([O-])[O-]. The average Bonchev–Trinajstić information content (AvgIpc) is 1.62. The lowest BCUT2D eigenvalue weighted by atomic mass is 9.68. The molecule has 2 aliphatic carbocycles. The third-order valence-electron chi connectivity index (χ3n) is 20.1. The Kier molecular flexibility index (Phi) is 15.8. The van der Waals surface area contributed by atoms with Gasteiger partial charge in [0, 0.05) is 106 Å². The van der Waals surface area contributed by atoms with Crippen molar-refractivity contribution in [2.45, 2.75) is 127 Å². The number of benzene rings is 7. The van der Waals surface area contributed by atoms with Gasteiger partial charge in [0.05, 0.1) is 10.8 Å². The number of fused-ring (bicyclic) bond motifs is 12. The summed E-state index contributed by atoms with van der Waals surface area (Å²) in [5.74, 6) is 3.45. The molecule has 0 bridgehead atoms. The summed E-state index contributed by atoms with van der Waals surface area (Å²) in [6.07, 6.45) is 26.4. The van der Waals surface area contributed by atoms with E-state index >= 15 is 0 Å². The molecule has 2 spiro atoms. The second-order valence-electron chi connectivity index (χ2n) is 25.8. The molecule has 18 heteroatoms. The van der Waals surface area contributed by atoms with E-state index in [1.165, 1.54) is 139 Å². The van der Waals surface area contributed by atoms with Gasteiger partial charge in [-0.3, -0.25) is 0 Å². The zero-order valence-corrected chi connectivity index (χ0v) is 52.9. The van der Waals surface area contributed by atoms with E-state index in [0.29, 0.717) is 13.6 Å². The van der Waals surface area contributed by atoms with Crippen molar-refractivity contribution in [1.82, 2.24) is 0 Å². The molecule has 0 saturated heterocycles. The van der Waals surface area contributed by atoms with Crippen LogP contribution in [-0.2, 0) is 34.7 Å². The first-order valence-corrected chi connectivity index (χ1v) is 33.2. The number of allylic oxidation sites excluding steroid dienone is 8. The Labute approximate surface area is 528 Å². The third kappa shape index (κ3) is 11.0. The van der Waals surface area contributed by atoms with E-state index in [1.54, 1.807) is 0 Å². The molecule has 7 aromatic rings.